The van der Waals surface area contributed by atoms with Gasteiger partial charge in [-0.1, -0.05) is 17.7 Å². The van der Waals surface area contributed by atoms with Crippen LogP contribution in [0.3, 0.4) is 0 Å². The predicted octanol–water partition coefficient (Wildman–Crippen LogP) is 3.94. The van der Waals surface area contributed by atoms with Crippen molar-refractivity contribution in [3.63, 3.8) is 0 Å². The number of carbonyl (C=O) groups excluding carboxylic acids is 2. The molecule has 0 atom stereocenters. The molecule has 7 nitrogen and oxygen atoms in total. The zero-order chi connectivity index (χ0) is 23.0. The highest BCUT2D eigenvalue weighted by Gasteiger charge is 2.18. The number of nitrogens with zero attached hydrogens (tertiary/aromatic N) is 1. The largest absolute Gasteiger partial charge is 0.497 e. The third kappa shape index (κ3) is 6.65. The number of hydrogen-bond donors (Lipinski definition) is 1. The standard InChI is InChI=1S/C23H27ClN2O5/c1-15(2)31-23-19(24)11-16(12-20(23)30-5)9-10-22(28)26(14-21(27)25-3)17-7-6-8-18(13-17)29-4/h6-13,15H,14H2,1-5H3,(H,25,27)/b10-9+. The summed E-state index contributed by atoms with van der Waals surface area (Å²) in [4.78, 5) is 26.3. The van der Waals surface area contributed by atoms with E-state index in [0.29, 0.717) is 33.5 Å². The van der Waals surface area contributed by atoms with Crippen molar-refractivity contribution in [1.29, 1.82) is 0 Å². The van der Waals surface area contributed by atoms with E-state index in [1.54, 1.807) is 42.5 Å². The van der Waals surface area contributed by atoms with Crippen LogP contribution in [0.15, 0.2) is 42.5 Å². The second-order valence-corrected chi connectivity index (χ2v) is 7.24. The maximum atomic E-state index is 12.9. The van der Waals surface area contributed by atoms with Crippen molar-refractivity contribution in [2.45, 2.75) is 20.0 Å². The number of benzene rings is 2. The molecule has 0 aliphatic carbocycles. The summed E-state index contributed by atoms with van der Waals surface area (Å²) < 4.78 is 16.3. The Morgan fingerprint density at radius 1 is 1.16 bits per heavy atom. The number of halogens is 1. The number of nitrogens with one attached hydrogen (secondary N) is 1. The van der Waals surface area contributed by atoms with E-state index < -0.39 is 0 Å². The summed E-state index contributed by atoms with van der Waals surface area (Å²) in [6.45, 7) is 3.64. The zero-order valence-electron chi connectivity index (χ0n) is 18.3. The maximum absolute atomic E-state index is 12.9. The molecule has 0 unspecified atom stereocenters. The number of likely N-dealkylation sites (N-methyl/N-ethyl adjacent to an activating group) is 1. The van der Waals surface area contributed by atoms with E-state index in [1.807, 2.05) is 13.8 Å². The van der Waals surface area contributed by atoms with Crippen molar-refractivity contribution in [1.82, 2.24) is 5.32 Å². The molecule has 166 valence electrons. The smallest absolute Gasteiger partial charge is 0.251 e. The molecule has 0 fully saturated rings. The van der Waals surface area contributed by atoms with Gasteiger partial charge in [-0.3, -0.25) is 14.5 Å². The minimum Gasteiger partial charge on any atom is -0.497 e. The zero-order valence-corrected chi connectivity index (χ0v) is 19.0. The molecule has 1 N–H and O–H groups in total. The first-order valence-corrected chi connectivity index (χ1v) is 10.0. The van der Waals surface area contributed by atoms with Crippen LogP contribution in [0.25, 0.3) is 6.08 Å². The molecule has 0 aromatic heterocycles. The highest BCUT2D eigenvalue weighted by atomic mass is 35.5. The normalized spacial score (nSPS) is 10.8. The van der Waals surface area contributed by atoms with Crippen LogP contribution < -0.4 is 24.4 Å². The summed E-state index contributed by atoms with van der Waals surface area (Å²) in [5, 5.41) is 2.90. The fourth-order valence-electron chi connectivity index (χ4n) is 2.74. The van der Waals surface area contributed by atoms with Crippen LogP contribution in [0.5, 0.6) is 17.2 Å². The van der Waals surface area contributed by atoms with Crippen molar-refractivity contribution in [2.24, 2.45) is 0 Å². The minimum atomic E-state index is -0.380. The monoisotopic (exact) mass is 446 g/mol. The second kappa shape index (κ2) is 11.3. The number of methoxy groups -OCH3 is 2. The summed E-state index contributed by atoms with van der Waals surface area (Å²) in [7, 11) is 4.57. The van der Waals surface area contributed by atoms with Gasteiger partial charge < -0.3 is 19.5 Å². The molecule has 0 heterocycles. The molecule has 0 spiro atoms. The van der Waals surface area contributed by atoms with Crippen LogP contribution in [0.1, 0.15) is 19.4 Å². The van der Waals surface area contributed by atoms with E-state index in [-0.39, 0.29) is 24.5 Å². The molecule has 0 aliphatic rings. The van der Waals surface area contributed by atoms with Crippen molar-refractivity contribution in [3.8, 4) is 17.2 Å². The van der Waals surface area contributed by atoms with E-state index in [4.69, 9.17) is 25.8 Å². The second-order valence-electron chi connectivity index (χ2n) is 6.83. The maximum Gasteiger partial charge on any atom is 0.251 e. The van der Waals surface area contributed by atoms with Crippen molar-refractivity contribution in [2.75, 3.05) is 32.7 Å². The van der Waals surface area contributed by atoms with Gasteiger partial charge >= 0.3 is 0 Å². The molecule has 0 saturated heterocycles. The van der Waals surface area contributed by atoms with Crippen molar-refractivity contribution < 1.29 is 23.8 Å². The number of hydrogen-bond acceptors (Lipinski definition) is 5. The topological polar surface area (TPSA) is 77.1 Å². The SMILES string of the molecule is CNC(=O)CN(C(=O)/C=C/c1cc(Cl)c(OC(C)C)c(OC)c1)c1cccc(OC)c1. The van der Waals surface area contributed by atoms with Crippen molar-refractivity contribution in [3.05, 3.63) is 53.1 Å². The molecule has 0 bridgehead atoms. The lowest BCUT2D eigenvalue weighted by Crippen LogP contribution is -2.39. The Morgan fingerprint density at radius 2 is 1.90 bits per heavy atom. The van der Waals surface area contributed by atoms with E-state index in [9.17, 15) is 9.59 Å². The van der Waals surface area contributed by atoms with Crippen LogP contribution >= 0.6 is 11.6 Å². The van der Waals surface area contributed by atoms with E-state index >= 15 is 0 Å². The third-order valence-electron chi connectivity index (χ3n) is 4.24. The lowest BCUT2D eigenvalue weighted by atomic mass is 10.1. The first-order chi connectivity index (χ1) is 14.8. The predicted molar refractivity (Wildman–Crippen MR) is 122 cm³/mol. The van der Waals surface area contributed by atoms with E-state index in [1.165, 1.54) is 32.2 Å². The van der Waals surface area contributed by atoms with Gasteiger partial charge in [0.2, 0.25) is 5.91 Å². The van der Waals surface area contributed by atoms with E-state index in [0.717, 1.165) is 0 Å². The average molecular weight is 447 g/mol. The lowest BCUT2D eigenvalue weighted by Gasteiger charge is -2.21. The highest BCUT2D eigenvalue weighted by molar-refractivity contribution is 6.32. The highest BCUT2D eigenvalue weighted by Crippen LogP contribution is 2.37. The molecular formula is C23H27ClN2O5. The average Bonchev–Trinajstić information content (AvgIpc) is 2.76. The van der Waals surface area contributed by atoms with Gasteiger partial charge in [-0.25, -0.2) is 0 Å². The van der Waals surface area contributed by atoms with Gasteiger partial charge in [-0.15, -0.1) is 0 Å². The lowest BCUT2D eigenvalue weighted by molar-refractivity contribution is -0.121. The Hall–Kier alpha value is -3.19. The van der Waals surface area contributed by atoms with Crippen LogP contribution in [0, 0.1) is 0 Å². The summed E-state index contributed by atoms with van der Waals surface area (Å²) >= 11 is 6.35. The van der Waals surface area contributed by atoms with Crippen LogP contribution in [-0.4, -0.2) is 45.7 Å². The number of anilines is 1. The number of rotatable bonds is 9. The van der Waals surface area contributed by atoms with Gasteiger partial charge in [-0.2, -0.15) is 0 Å². The molecule has 0 aliphatic heterocycles. The molecular weight excluding hydrogens is 420 g/mol. The van der Waals surface area contributed by atoms with Crippen molar-refractivity contribution >= 4 is 35.2 Å². The van der Waals surface area contributed by atoms with Gasteiger partial charge in [0.15, 0.2) is 11.5 Å². The number of amides is 2. The van der Waals surface area contributed by atoms with E-state index in [2.05, 4.69) is 5.32 Å². The first-order valence-electron chi connectivity index (χ1n) is 9.67. The molecule has 2 aromatic rings. The molecule has 2 aromatic carbocycles. The third-order valence-corrected chi connectivity index (χ3v) is 4.52. The Kier molecular flexibility index (Phi) is 8.75. The molecule has 8 heteroatoms. The number of ether oxygens (including phenoxy) is 3. The molecule has 2 amide bonds. The summed E-state index contributed by atoms with van der Waals surface area (Å²) in [6, 6.07) is 10.3. The summed E-state index contributed by atoms with van der Waals surface area (Å²) in [5.41, 5.74) is 1.19. The van der Waals surface area contributed by atoms with Gasteiger partial charge in [0, 0.05) is 24.9 Å². The Balaban J connectivity index is 2.33. The molecule has 31 heavy (non-hydrogen) atoms. The van der Waals surface area contributed by atoms with Gasteiger partial charge in [0.05, 0.1) is 25.3 Å². The van der Waals surface area contributed by atoms with Crippen LogP contribution in [-0.2, 0) is 9.59 Å². The molecule has 0 radical (unpaired) electrons. The minimum absolute atomic E-state index is 0.0736. The Morgan fingerprint density at radius 3 is 2.52 bits per heavy atom. The molecule has 2 rings (SSSR count). The summed E-state index contributed by atoms with van der Waals surface area (Å²) in [5.74, 6) is 0.802. The Bertz CT molecular complexity index is 959. The first kappa shape index (κ1) is 24.1. The summed E-state index contributed by atoms with van der Waals surface area (Å²) in [6.07, 6.45) is 2.90. The number of carbonyl (C=O) groups is 2. The Labute approximate surface area is 187 Å². The quantitative estimate of drug-likeness (QED) is 0.590. The van der Waals surface area contributed by atoms with Crippen LogP contribution in [0.2, 0.25) is 5.02 Å². The van der Waals surface area contributed by atoms with Crippen LogP contribution in [0.4, 0.5) is 5.69 Å². The van der Waals surface area contributed by atoms with Gasteiger partial charge in [0.1, 0.15) is 12.3 Å². The fourth-order valence-corrected chi connectivity index (χ4v) is 3.00. The van der Waals surface area contributed by atoms with Gasteiger partial charge in [0.25, 0.3) is 5.91 Å². The molecule has 0 saturated carbocycles. The fraction of sp³-hybridized carbons (Fsp3) is 0.304. The van der Waals surface area contributed by atoms with Gasteiger partial charge in [-0.05, 0) is 49.8 Å².